The summed E-state index contributed by atoms with van der Waals surface area (Å²) < 4.78 is 34.8. The Morgan fingerprint density at radius 2 is 1.80 bits per heavy atom. The highest BCUT2D eigenvalue weighted by atomic mass is 32.2. The molecular weight excluding hydrogens is 833 g/mol. The molecule has 1 unspecified atom stereocenters. The number of ether oxygens (including phenoxy) is 1. The summed E-state index contributed by atoms with van der Waals surface area (Å²) in [6.07, 6.45) is 9.27. The van der Waals surface area contributed by atoms with Gasteiger partial charge in [0.25, 0.3) is 0 Å². The highest BCUT2D eigenvalue weighted by molar-refractivity contribution is 8.00. The molecule has 60 heavy (non-hydrogen) atoms. The first-order valence-corrected chi connectivity index (χ1v) is 25.1. The summed E-state index contributed by atoms with van der Waals surface area (Å²) in [4.78, 5) is 63.3. The van der Waals surface area contributed by atoms with Crippen molar-refractivity contribution in [2.24, 2.45) is 22.4 Å². The number of hydrogen-bond acceptors (Lipinski definition) is 12. The van der Waals surface area contributed by atoms with Gasteiger partial charge in [0.05, 0.1) is 29.5 Å². The van der Waals surface area contributed by atoms with Crippen molar-refractivity contribution in [3.8, 4) is 5.75 Å². The molecule has 7 N–H and O–H groups in total. The third kappa shape index (κ3) is 10.6. The molecule has 0 spiro atoms. The fraction of sp³-hybridized carbons (Fsp3) is 0.732. The number of unbranched alkanes of at least 4 members (excludes halogenated alkanes) is 3. The lowest BCUT2D eigenvalue weighted by molar-refractivity contribution is -0.138. The lowest BCUT2D eigenvalue weighted by Crippen LogP contribution is -2.50. The van der Waals surface area contributed by atoms with Gasteiger partial charge < -0.3 is 24.7 Å². The molecule has 3 aliphatic heterocycles. The van der Waals surface area contributed by atoms with Gasteiger partial charge in [0, 0.05) is 49.3 Å². The second-order valence-corrected chi connectivity index (χ2v) is 21.3. The third-order valence-electron chi connectivity index (χ3n) is 13.7. The fourth-order valence-corrected chi connectivity index (χ4v) is 13.7. The Morgan fingerprint density at radius 1 is 1.03 bits per heavy atom. The number of hydrogen-bond donors (Lipinski definition) is 6. The fourth-order valence-electron chi connectivity index (χ4n) is 10.7. The van der Waals surface area contributed by atoms with E-state index in [4.69, 9.17) is 14.1 Å². The van der Waals surface area contributed by atoms with Crippen LogP contribution in [-0.2, 0) is 40.6 Å². The number of nitrogens with two attached hydrogens (primary N) is 1. The number of nitrogens with zero attached hydrogens (tertiary/aromatic N) is 1. The van der Waals surface area contributed by atoms with Crippen LogP contribution in [0.15, 0.2) is 18.2 Å². The molecular formula is C41H60N6O10S3. The zero-order chi connectivity index (χ0) is 42.6. The Kier molecular flexibility index (Phi) is 14.6. The molecule has 10 atom stereocenters. The lowest BCUT2D eigenvalue weighted by atomic mass is 9.54. The summed E-state index contributed by atoms with van der Waals surface area (Å²) in [5.41, 5.74) is 6.87. The highest BCUT2D eigenvalue weighted by Crippen LogP contribution is 2.61. The number of carbonyl (C=O) groups is 5. The predicted molar refractivity (Wildman–Crippen MR) is 227 cm³/mol. The minimum absolute atomic E-state index is 0.102. The second kappa shape index (κ2) is 19.5. The first-order chi connectivity index (χ1) is 28.7. The number of nitrogens with one attached hydrogen (secondary N) is 4. The van der Waals surface area contributed by atoms with E-state index < -0.39 is 15.6 Å². The first kappa shape index (κ1) is 44.9. The number of amides is 6. The van der Waals surface area contributed by atoms with E-state index >= 15 is 0 Å². The summed E-state index contributed by atoms with van der Waals surface area (Å²) in [7, 11) is -4.14. The third-order valence-corrected chi connectivity index (χ3v) is 16.9. The molecule has 7 rings (SSSR count). The minimum Gasteiger partial charge on any atom is -0.393 e. The number of carbonyl (C=O) groups excluding carboxylic acids is 5. The zero-order valence-electron chi connectivity index (χ0n) is 34.2. The van der Waals surface area contributed by atoms with E-state index in [1.54, 1.807) is 12.1 Å². The van der Waals surface area contributed by atoms with Crippen molar-refractivity contribution in [3.05, 3.63) is 29.3 Å². The van der Waals surface area contributed by atoms with Crippen LogP contribution in [0.1, 0.15) is 114 Å². The van der Waals surface area contributed by atoms with Crippen LogP contribution in [0.5, 0.6) is 5.75 Å². The van der Waals surface area contributed by atoms with Gasteiger partial charge in [0.15, 0.2) is 0 Å². The summed E-state index contributed by atoms with van der Waals surface area (Å²) in [5.74, 6) is 1.66. The molecule has 332 valence electrons. The highest BCUT2D eigenvalue weighted by Gasteiger charge is 2.58. The molecule has 5 fully saturated rings. The van der Waals surface area contributed by atoms with Crippen molar-refractivity contribution in [1.29, 1.82) is 0 Å². The average Bonchev–Trinajstić information content (AvgIpc) is 3.92. The van der Waals surface area contributed by atoms with Gasteiger partial charge in [-0.25, -0.2) is 4.79 Å². The molecule has 0 radical (unpaired) electrons. The van der Waals surface area contributed by atoms with E-state index in [1.165, 1.54) is 16.7 Å². The molecule has 1 aromatic rings. The van der Waals surface area contributed by atoms with Crippen molar-refractivity contribution in [1.82, 2.24) is 26.4 Å². The van der Waals surface area contributed by atoms with Crippen molar-refractivity contribution in [2.75, 3.05) is 24.7 Å². The van der Waals surface area contributed by atoms with E-state index in [2.05, 4.69) is 28.4 Å². The Balaban J connectivity index is 0.773. The molecule has 1 aromatic carbocycles. The number of benzene rings is 1. The first-order valence-electron chi connectivity index (χ1n) is 21.6. The van der Waals surface area contributed by atoms with Crippen molar-refractivity contribution in [3.63, 3.8) is 0 Å². The Hall–Kier alpha value is -3.10. The number of thioether (sulfide) groups is 2. The molecule has 6 aliphatic rings. The Bertz CT molecular complexity index is 1890. The largest absolute Gasteiger partial charge is 0.393 e. The van der Waals surface area contributed by atoms with E-state index in [9.17, 15) is 37.5 Å². The zero-order valence-corrected chi connectivity index (χ0v) is 36.7. The number of fused-ring (bicyclic) bond motifs is 6. The molecule has 3 aliphatic carbocycles. The van der Waals surface area contributed by atoms with E-state index in [-0.39, 0.29) is 83.9 Å². The molecule has 3 saturated heterocycles. The molecule has 3 heterocycles. The number of hydrazine groups is 1. The molecule has 16 nitrogen and oxygen atoms in total. The topological polar surface area (TPSA) is 236 Å². The Labute approximate surface area is 360 Å². The lowest BCUT2D eigenvalue weighted by Gasteiger charge is -2.53. The summed E-state index contributed by atoms with van der Waals surface area (Å²) in [6.45, 7) is 2.97. The summed E-state index contributed by atoms with van der Waals surface area (Å²) >= 11 is 3.32. The van der Waals surface area contributed by atoms with Gasteiger partial charge in [-0.1, -0.05) is 25.8 Å². The van der Waals surface area contributed by atoms with Crippen LogP contribution in [0.3, 0.4) is 0 Å². The molecule has 0 bridgehead atoms. The number of likely N-dealkylation sites (tertiary alicyclic amines) is 1. The number of aliphatic hydroxyl groups excluding tert-OH is 1. The SMILES string of the molecule is C[C@]12C[C@@H](OCCCSC3CC(=O)N(CCCCCC(=O)NNC(=O)CCCC[C@@H]4SC[C@@H]5NC(=O)N[C@@H]54)C3=O)[C@@H]3c4ccc(OS(N)(=O)=O)cc4CC[C@H]3[C@@H]1CC[C@@H]2O. The van der Waals surface area contributed by atoms with Crippen LogP contribution in [0, 0.1) is 17.3 Å². The van der Waals surface area contributed by atoms with Gasteiger partial charge in [0.2, 0.25) is 23.6 Å². The van der Waals surface area contributed by atoms with Crippen LogP contribution in [0.4, 0.5) is 4.79 Å². The number of aliphatic hydroxyl groups is 1. The maximum absolute atomic E-state index is 13.2. The smallest absolute Gasteiger partial charge is 0.380 e. The predicted octanol–water partition coefficient (Wildman–Crippen LogP) is 3.17. The number of rotatable bonds is 19. The van der Waals surface area contributed by atoms with Crippen LogP contribution in [-0.4, -0.2) is 108 Å². The van der Waals surface area contributed by atoms with Gasteiger partial charge in [-0.15, -0.1) is 11.8 Å². The summed E-state index contributed by atoms with van der Waals surface area (Å²) in [5, 5.41) is 22.0. The van der Waals surface area contributed by atoms with Crippen molar-refractivity contribution in [2.45, 2.75) is 144 Å². The Morgan fingerprint density at radius 3 is 2.57 bits per heavy atom. The number of imide groups is 1. The van der Waals surface area contributed by atoms with Gasteiger partial charge in [-0.2, -0.15) is 25.3 Å². The second-order valence-electron chi connectivity index (χ2n) is 17.6. The molecule has 0 aromatic heterocycles. The molecule has 6 amide bonds. The van der Waals surface area contributed by atoms with E-state index in [1.807, 2.05) is 17.8 Å². The average molecular weight is 893 g/mol. The van der Waals surface area contributed by atoms with E-state index in [0.29, 0.717) is 74.5 Å². The van der Waals surface area contributed by atoms with Gasteiger partial charge >= 0.3 is 16.3 Å². The van der Waals surface area contributed by atoms with Crippen LogP contribution < -0.4 is 30.8 Å². The van der Waals surface area contributed by atoms with E-state index in [0.717, 1.165) is 61.8 Å². The quantitative estimate of drug-likeness (QED) is 0.0509. The maximum Gasteiger partial charge on any atom is 0.380 e. The molecule has 2 saturated carbocycles. The van der Waals surface area contributed by atoms with Crippen LogP contribution in [0.25, 0.3) is 0 Å². The summed E-state index contributed by atoms with van der Waals surface area (Å²) in [6, 6.07) is 5.57. The molecule has 19 heteroatoms. The van der Waals surface area contributed by atoms with Crippen LogP contribution >= 0.6 is 23.5 Å². The monoisotopic (exact) mass is 892 g/mol. The van der Waals surface area contributed by atoms with Gasteiger partial charge in [0.1, 0.15) is 5.75 Å². The standard InChI is InChI=1S/C41H60N6O10S3/c1-41-22-30(37-26-14-12-25(57-60(42,54)55)20-24(26)11-13-27(37)28(41)15-16-33(41)48)56-18-7-19-58-32-21-36(51)47(39(32)52)17-6-2-3-9-34(49)45-46-35(50)10-5-4-8-31-38-29(23-59-31)43-40(53)44-38/h12,14,20,27-33,37-38,48H,2-11,13,15-19,21-23H2,1H3,(H,45,49)(H,46,50)(H2,42,54,55)(H2,43,44,53)/t27-,28-,29-,30+,31-,32?,33-,37+,38-,41-/m0/s1. The normalized spacial score (nSPS) is 31.8. The van der Waals surface area contributed by atoms with Gasteiger partial charge in [-0.05, 0) is 110 Å². The number of aryl methyl sites for hydroxylation is 1. The minimum atomic E-state index is -4.14. The van der Waals surface area contributed by atoms with Gasteiger partial charge in [-0.3, -0.25) is 34.9 Å². The van der Waals surface area contributed by atoms with Crippen molar-refractivity contribution >= 4 is 63.5 Å². The maximum atomic E-state index is 13.2. The van der Waals surface area contributed by atoms with Crippen molar-refractivity contribution < 1.29 is 46.4 Å². The van der Waals surface area contributed by atoms with Crippen LogP contribution in [0.2, 0.25) is 0 Å². The number of urea groups is 1.